The highest BCUT2D eigenvalue weighted by Crippen LogP contribution is 2.45. The topological polar surface area (TPSA) is 60.8 Å². The fourth-order valence-electron chi connectivity index (χ4n) is 3.17. The van der Waals surface area contributed by atoms with Crippen molar-refractivity contribution in [3.63, 3.8) is 0 Å². The molecule has 1 saturated heterocycles. The molecular formula is C19H20ClNO3. The van der Waals surface area contributed by atoms with E-state index in [2.05, 4.69) is 0 Å². The summed E-state index contributed by atoms with van der Waals surface area (Å²) in [7, 11) is 0. The number of halogens is 1. The van der Waals surface area contributed by atoms with Crippen molar-refractivity contribution in [3.05, 3.63) is 53.1 Å². The van der Waals surface area contributed by atoms with Crippen molar-refractivity contribution in [1.29, 1.82) is 0 Å². The average molecular weight is 346 g/mol. The monoisotopic (exact) mass is 345 g/mol. The highest BCUT2D eigenvalue weighted by atomic mass is 35.5. The first-order valence-corrected chi connectivity index (χ1v) is 8.34. The molecule has 0 bridgehead atoms. The Morgan fingerprint density at radius 2 is 1.88 bits per heavy atom. The van der Waals surface area contributed by atoms with Crippen molar-refractivity contribution in [2.24, 2.45) is 0 Å². The van der Waals surface area contributed by atoms with E-state index in [0.29, 0.717) is 0 Å². The van der Waals surface area contributed by atoms with Crippen LogP contribution in [-0.4, -0.2) is 21.5 Å². The number of phenols is 2. The maximum absolute atomic E-state index is 12.4. The number of nitrogens with zero attached hydrogens (tertiary/aromatic N) is 1. The molecule has 0 spiro atoms. The number of aromatic hydroxyl groups is 2. The number of hydrogen-bond acceptors (Lipinski definition) is 3. The Hall–Kier alpha value is -2.20. The Morgan fingerprint density at radius 1 is 1.17 bits per heavy atom. The zero-order valence-corrected chi connectivity index (χ0v) is 14.6. The van der Waals surface area contributed by atoms with E-state index < -0.39 is 5.38 Å². The molecule has 2 atom stereocenters. The lowest BCUT2D eigenvalue weighted by atomic mass is 9.90. The molecule has 2 N–H and O–H groups in total. The second-order valence-corrected chi connectivity index (χ2v) is 6.97. The van der Waals surface area contributed by atoms with Crippen molar-refractivity contribution in [2.45, 2.75) is 38.1 Å². The van der Waals surface area contributed by atoms with Crippen LogP contribution in [0.25, 0.3) is 0 Å². The summed E-state index contributed by atoms with van der Waals surface area (Å²) in [5.74, 6) is 0.330. The first kappa shape index (κ1) is 16.7. The van der Waals surface area contributed by atoms with Gasteiger partial charge >= 0.3 is 0 Å². The van der Waals surface area contributed by atoms with Crippen LogP contribution in [0.15, 0.2) is 36.4 Å². The zero-order chi connectivity index (χ0) is 17.6. The molecule has 5 heteroatoms. The van der Waals surface area contributed by atoms with Gasteiger partial charge in [0.15, 0.2) is 0 Å². The SMILES string of the molecule is Cc1cc(O)c(C(C)C)cc1N1C(=O)C(Cl)C1c1cccc(O)c1. The van der Waals surface area contributed by atoms with Crippen LogP contribution in [0.2, 0.25) is 0 Å². The molecular weight excluding hydrogens is 326 g/mol. The third-order valence-corrected chi connectivity index (χ3v) is 4.89. The van der Waals surface area contributed by atoms with E-state index in [1.165, 1.54) is 0 Å². The lowest BCUT2D eigenvalue weighted by Crippen LogP contribution is -2.56. The molecule has 1 aliphatic rings. The molecule has 2 aromatic rings. The van der Waals surface area contributed by atoms with E-state index in [4.69, 9.17) is 11.6 Å². The van der Waals surface area contributed by atoms with Gasteiger partial charge in [0, 0.05) is 5.69 Å². The van der Waals surface area contributed by atoms with Gasteiger partial charge in [-0.15, -0.1) is 11.6 Å². The molecule has 24 heavy (non-hydrogen) atoms. The quantitative estimate of drug-likeness (QED) is 0.646. The number of carbonyl (C=O) groups excluding carboxylic acids is 1. The first-order chi connectivity index (χ1) is 11.3. The molecule has 0 aliphatic carbocycles. The molecule has 0 radical (unpaired) electrons. The molecule has 1 heterocycles. The summed E-state index contributed by atoms with van der Waals surface area (Å²) in [6, 6.07) is 9.98. The number of aryl methyl sites for hydroxylation is 1. The van der Waals surface area contributed by atoms with Gasteiger partial charge in [-0.05, 0) is 53.8 Å². The minimum absolute atomic E-state index is 0.131. The predicted molar refractivity (Wildman–Crippen MR) is 94.9 cm³/mol. The third kappa shape index (κ3) is 2.61. The van der Waals surface area contributed by atoms with Crippen molar-refractivity contribution < 1.29 is 15.0 Å². The first-order valence-electron chi connectivity index (χ1n) is 7.91. The van der Waals surface area contributed by atoms with Gasteiger partial charge in [-0.1, -0.05) is 26.0 Å². The van der Waals surface area contributed by atoms with Gasteiger partial charge in [0.25, 0.3) is 0 Å². The number of alkyl halides is 1. The molecule has 1 aliphatic heterocycles. The number of β-lactam (4-membered cyclic amide) rings is 1. The van der Waals surface area contributed by atoms with Gasteiger partial charge in [-0.25, -0.2) is 0 Å². The Labute approximate surface area is 146 Å². The summed E-state index contributed by atoms with van der Waals surface area (Å²) in [6.45, 7) is 5.83. The molecule has 4 nitrogen and oxygen atoms in total. The minimum Gasteiger partial charge on any atom is -0.508 e. The maximum atomic E-state index is 12.4. The van der Waals surface area contributed by atoms with Crippen molar-refractivity contribution >= 4 is 23.2 Å². The summed E-state index contributed by atoms with van der Waals surface area (Å²) in [4.78, 5) is 14.1. The number of anilines is 1. The molecule has 1 fully saturated rings. The van der Waals surface area contributed by atoms with E-state index in [1.807, 2.05) is 32.9 Å². The Bertz CT molecular complexity index is 803. The highest BCUT2D eigenvalue weighted by molar-refractivity contribution is 6.37. The van der Waals surface area contributed by atoms with Crippen LogP contribution in [0.5, 0.6) is 11.5 Å². The Balaban J connectivity index is 2.07. The van der Waals surface area contributed by atoms with Gasteiger partial charge in [-0.3, -0.25) is 4.79 Å². The predicted octanol–water partition coefficient (Wildman–Crippen LogP) is 4.22. The molecule has 0 saturated carbocycles. The lowest BCUT2D eigenvalue weighted by Gasteiger charge is -2.45. The number of amides is 1. The molecule has 2 aromatic carbocycles. The molecule has 126 valence electrons. The summed E-state index contributed by atoms with van der Waals surface area (Å²) in [5, 5.41) is 19.2. The van der Waals surface area contributed by atoms with Crippen LogP contribution >= 0.6 is 11.6 Å². The van der Waals surface area contributed by atoms with Crippen molar-refractivity contribution in [2.75, 3.05) is 4.90 Å². The fourth-order valence-corrected chi connectivity index (χ4v) is 3.53. The summed E-state index contributed by atoms with van der Waals surface area (Å²) in [6.07, 6.45) is 0. The number of rotatable bonds is 3. The second-order valence-electron chi connectivity index (χ2n) is 6.50. The Kier molecular flexibility index (Phi) is 4.18. The third-order valence-electron chi connectivity index (χ3n) is 4.47. The molecule has 0 aromatic heterocycles. The van der Waals surface area contributed by atoms with Crippen LogP contribution in [0.3, 0.4) is 0 Å². The molecule has 1 amide bonds. The number of hydrogen-bond donors (Lipinski definition) is 2. The van der Waals surface area contributed by atoms with Crippen LogP contribution in [-0.2, 0) is 4.79 Å². The normalized spacial score (nSPS) is 20.4. The van der Waals surface area contributed by atoms with Gasteiger partial charge in [0.05, 0.1) is 6.04 Å². The fraction of sp³-hybridized carbons (Fsp3) is 0.316. The smallest absolute Gasteiger partial charge is 0.248 e. The summed E-state index contributed by atoms with van der Waals surface area (Å²) in [5.41, 5.74) is 3.12. The van der Waals surface area contributed by atoms with Crippen molar-refractivity contribution in [3.8, 4) is 11.5 Å². The van der Waals surface area contributed by atoms with Crippen LogP contribution < -0.4 is 4.90 Å². The van der Waals surface area contributed by atoms with E-state index in [1.54, 1.807) is 29.2 Å². The van der Waals surface area contributed by atoms with Gasteiger partial charge < -0.3 is 15.1 Å². The summed E-state index contributed by atoms with van der Waals surface area (Å²) < 4.78 is 0. The van der Waals surface area contributed by atoms with Crippen LogP contribution in [0.1, 0.15) is 42.5 Å². The average Bonchev–Trinajstić information content (AvgIpc) is 2.52. The van der Waals surface area contributed by atoms with Crippen LogP contribution in [0, 0.1) is 6.92 Å². The van der Waals surface area contributed by atoms with E-state index >= 15 is 0 Å². The second kappa shape index (κ2) is 6.02. The number of benzene rings is 2. The summed E-state index contributed by atoms with van der Waals surface area (Å²) >= 11 is 6.26. The number of phenolic OH excluding ortho intramolecular Hbond substituents is 2. The van der Waals surface area contributed by atoms with Crippen molar-refractivity contribution in [1.82, 2.24) is 0 Å². The largest absolute Gasteiger partial charge is 0.508 e. The van der Waals surface area contributed by atoms with Gasteiger partial charge in [0.1, 0.15) is 16.9 Å². The zero-order valence-electron chi connectivity index (χ0n) is 13.8. The van der Waals surface area contributed by atoms with Crippen LogP contribution in [0.4, 0.5) is 5.69 Å². The van der Waals surface area contributed by atoms with Gasteiger partial charge in [0.2, 0.25) is 5.91 Å². The molecule has 3 rings (SSSR count). The maximum Gasteiger partial charge on any atom is 0.248 e. The van der Waals surface area contributed by atoms with E-state index in [9.17, 15) is 15.0 Å². The minimum atomic E-state index is -0.664. The van der Waals surface area contributed by atoms with Gasteiger partial charge in [-0.2, -0.15) is 0 Å². The highest BCUT2D eigenvalue weighted by Gasteiger charge is 2.48. The van der Waals surface area contributed by atoms with E-state index in [0.717, 1.165) is 22.4 Å². The number of carbonyl (C=O) groups is 1. The van der Waals surface area contributed by atoms with E-state index in [-0.39, 0.29) is 29.4 Å². The Morgan fingerprint density at radius 3 is 2.50 bits per heavy atom. The standard InChI is InChI=1S/C19H20ClNO3/c1-10(2)14-9-15(11(3)7-16(14)23)21-18(17(20)19(21)24)12-5-4-6-13(22)8-12/h4-10,17-18,22-23H,1-3H3. The molecule has 2 unspecified atom stereocenters. The lowest BCUT2D eigenvalue weighted by molar-refractivity contribution is -0.123.